The van der Waals surface area contributed by atoms with Crippen LogP contribution in [-0.2, 0) is 0 Å². The molecule has 1 unspecified atom stereocenters. The summed E-state index contributed by atoms with van der Waals surface area (Å²) in [5.41, 5.74) is -0.117. The van der Waals surface area contributed by atoms with Crippen LogP contribution < -0.4 is 0 Å². The second kappa shape index (κ2) is 3.83. The van der Waals surface area contributed by atoms with Crippen LogP contribution in [0.2, 0.25) is 0 Å². The Morgan fingerprint density at radius 2 is 2.29 bits per heavy atom. The number of benzene rings is 1. The summed E-state index contributed by atoms with van der Waals surface area (Å²) < 4.78 is 13.2. The van der Waals surface area contributed by atoms with Gasteiger partial charge in [0.15, 0.2) is 0 Å². The van der Waals surface area contributed by atoms with E-state index in [1.54, 1.807) is 0 Å². The molecule has 1 atom stereocenters. The third-order valence-corrected chi connectivity index (χ3v) is 1.84. The van der Waals surface area contributed by atoms with Gasteiger partial charge >= 0.3 is 0 Å². The Bertz CT molecular complexity index is 412. The quantitative estimate of drug-likeness (QED) is 0.413. The van der Waals surface area contributed by atoms with Gasteiger partial charge in [-0.3, -0.25) is 10.1 Å². The van der Waals surface area contributed by atoms with Crippen LogP contribution >= 0.6 is 0 Å². The molecule has 1 aromatic rings. The lowest BCUT2D eigenvalue weighted by atomic mass is 10.1. The van der Waals surface area contributed by atoms with Crippen molar-refractivity contribution in [3.63, 3.8) is 0 Å². The largest absolute Gasteiger partial charge is 0.309 e. The van der Waals surface area contributed by atoms with Crippen LogP contribution in [0.5, 0.6) is 0 Å². The van der Waals surface area contributed by atoms with Gasteiger partial charge < -0.3 is 4.85 Å². The van der Waals surface area contributed by atoms with Crippen molar-refractivity contribution in [3.05, 3.63) is 51.1 Å². The van der Waals surface area contributed by atoms with Gasteiger partial charge in [-0.25, -0.2) is 11.0 Å². The third kappa shape index (κ3) is 1.85. The molecule has 0 aliphatic carbocycles. The van der Waals surface area contributed by atoms with Crippen molar-refractivity contribution in [2.45, 2.75) is 13.0 Å². The molecule has 0 saturated heterocycles. The van der Waals surface area contributed by atoms with Crippen LogP contribution in [0.15, 0.2) is 18.2 Å². The van der Waals surface area contributed by atoms with E-state index in [0.29, 0.717) is 0 Å². The van der Waals surface area contributed by atoms with E-state index in [1.165, 1.54) is 19.1 Å². The molecule has 72 valence electrons. The molecule has 0 aliphatic heterocycles. The van der Waals surface area contributed by atoms with Crippen LogP contribution in [0.4, 0.5) is 10.1 Å². The fourth-order valence-electron chi connectivity index (χ4n) is 1.04. The average Bonchev–Trinajstić information content (AvgIpc) is 2.16. The number of nitro benzene ring substituents is 1. The number of non-ortho nitro benzene ring substituents is 1. The molecule has 0 aromatic heterocycles. The maximum absolute atomic E-state index is 13.2. The summed E-state index contributed by atoms with van der Waals surface area (Å²) in [6, 6.07) is 2.68. The van der Waals surface area contributed by atoms with Gasteiger partial charge in [0, 0.05) is 13.0 Å². The zero-order chi connectivity index (χ0) is 10.7. The van der Waals surface area contributed by atoms with Gasteiger partial charge in [-0.15, -0.1) is 0 Å². The number of halogens is 1. The Hall–Kier alpha value is -1.96. The highest BCUT2D eigenvalue weighted by Gasteiger charge is 2.17. The normalized spacial score (nSPS) is 11.8. The topological polar surface area (TPSA) is 47.5 Å². The van der Waals surface area contributed by atoms with Gasteiger partial charge in [-0.05, 0) is 6.07 Å². The molecule has 0 radical (unpaired) electrons. The predicted molar refractivity (Wildman–Crippen MR) is 48.1 cm³/mol. The molecule has 0 aliphatic rings. The lowest BCUT2D eigenvalue weighted by Crippen LogP contribution is -1.95. The van der Waals surface area contributed by atoms with E-state index in [2.05, 4.69) is 4.85 Å². The first-order chi connectivity index (χ1) is 6.56. The Kier molecular flexibility index (Phi) is 2.77. The summed E-state index contributed by atoms with van der Waals surface area (Å²) in [4.78, 5) is 12.7. The van der Waals surface area contributed by atoms with E-state index in [1.807, 2.05) is 0 Å². The molecule has 0 N–H and O–H groups in total. The zero-order valence-corrected chi connectivity index (χ0v) is 7.40. The molecule has 0 amide bonds. The fraction of sp³-hybridized carbons (Fsp3) is 0.222. The molecule has 1 aromatic carbocycles. The van der Waals surface area contributed by atoms with Crippen molar-refractivity contribution in [1.82, 2.24) is 0 Å². The molecular weight excluding hydrogens is 187 g/mol. The van der Waals surface area contributed by atoms with Crippen molar-refractivity contribution >= 4 is 5.69 Å². The smallest absolute Gasteiger partial charge is 0.272 e. The second-order valence-electron chi connectivity index (χ2n) is 2.77. The summed E-state index contributed by atoms with van der Waals surface area (Å²) in [5, 5.41) is 10.3. The van der Waals surface area contributed by atoms with Gasteiger partial charge in [0.2, 0.25) is 6.04 Å². The summed E-state index contributed by atoms with van der Waals surface area (Å²) in [6.07, 6.45) is 0. The van der Waals surface area contributed by atoms with Crippen molar-refractivity contribution < 1.29 is 9.31 Å². The lowest BCUT2D eigenvalue weighted by Gasteiger charge is -2.00. The molecule has 5 heteroatoms. The summed E-state index contributed by atoms with van der Waals surface area (Å²) in [7, 11) is 0. The highest BCUT2D eigenvalue weighted by molar-refractivity contribution is 5.36. The SMILES string of the molecule is [C-]#[N+]C(C)c1ccc([N+](=O)[O-])cc1F. The van der Waals surface area contributed by atoms with Gasteiger partial charge in [-0.1, -0.05) is 0 Å². The van der Waals surface area contributed by atoms with Crippen LogP contribution in [-0.4, -0.2) is 4.92 Å². The Morgan fingerprint density at radius 1 is 1.64 bits per heavy atom. The van der Waals surface area contributed by atoms with Gasteiger partial charge in [-0.2, -0.15) is 0 Å². The van der Waals surface area contributed by atoms with Gasteiger partial charge in [0.1, 0.15) is 5.82 Å². The van der Waals surface area contributed by atoms with Crippen molar-refractivity contribution in [2.75, 3.05) is 0 Å². The number of rotatable bonds is 2. The zero-order valence-electron chi connectivity index (χ0n) is 7.40. The van der Waals surface area contributed by atoms with Crippen LogP contribution in [0.1, 0.15) is 18.5 Å². The highest BCUT2D eigenvalue weighted by atomic mass is 19.1. The Balaban J connectivity index is 3.15. The van der Waals surface area contributed by atoms with E-state index < -0.39 is 16.8 Å². The molecule has 0 spiro atoms. The average molecular weight is 194 g/mol. The van der Waals surface area contributed by atoms with Gasteiger partial charge in [0.05, 0.1) is 16.6 Å². The predicted octanol–water partition coefficient (Wildman–Crippen LogP) is 2.71. The van der Waals surface area contributed by atoms with E-state index in [0.717, 1.165) is 6.07 Å². The molecule has 1 rings (SSSR count). The van der Waals surface area contributed by atoms with Crippen molar-refractivity contribution in [1.29, 1.82) is 0 Å². The van der Waals surface area contributed by atoms with E-state index in [4.69, 9.17) is 6.57 Å². The maximum atomic E-state index is 13.2. The minimum absolute atomic E-state index is 0.186. The van der Waals surface area contributed by atoms with E-state index in [9.17, 15) is 14.5 Å². The number of hydrogen-bond acceptors (Lipinski definition) is 2. The molecule has 0 bridgehead atoms. The Morgan fingerprint density at radius 3 is 2.71 bits per heavy atom. The molecule has 0 saturated carbocycles. The standard InChI is InChI=1S/C9H7FN2O2/c1-6(11-2)8-4-3-7(12(13)14)5-9(8)10/h3-6H,1H3. The van der Waals surface area contributed by atoms with E-state index >= 15 is 0 Å². The molecule has 0 fully saturated rings. The summed E-state index contributed by atoms with van der Waals surface area (Å²) in [6.45, 7) is 8.24. The van der Waals surface area contributed by atoms with E-state index in [-0.39, 0.29) is 11.3 Å². The first-order valence-corrected chi connectivity index (χ1v) is 3.86. The minimum Gasteiger partial charge on any atom is -0.309 e. The minimum atomic E-state index is -0.706. The van der Waals surface area contributed by atoms with Crippen molar-refractivity contribution in [3.8, 4) is 0 Å². The number of hydrogen-bond donors (Lipinski definition) is 0. The summed E-state index contributed by atoms with van der Waals surface area (Å²) >= 11 is 0. The molecular formula is C9H7FN2O2. The maximum Gasteiger partial charge on any atom is 0.272 e. The molecule has 4 nitrogen and oxygen atoms in total. The fourth-order valence-corrected chi connectivity index (χ4v) is 1.04. The number of nitrogens with zero attached hydrogens (tertiary/aromatic N) is 2. The monoisotopic (exact) mass is 194 g/mol. The molecule has 14 heavy (non-hydrogen) atoms. The van der Waals surface area contributed by atoms with Crippen LogP contribution in [0.25, 0.3) is 4.85 Å². The van der Waals surface area contributed by atoms with Crippen LogP contribution in [0.3, 0.4) is 0 Å². The lowest BCUT2D eigenvalue weighted by molar-refractivity contribution is -0.385. The Labute approximate surface area is 79.9 Å². The highest BCUT2D eigenvalue weighted by Crippen LogP contribution is 2.23. The first kappa shape index (κ1) is 10.1. The third-order valence-electron chi connectivity index (χ3n) is 1.84. The summed E-state index contributed by atoms with van der Waals surface area (Å²) in [5.74, 6) is -0.706. The second-order valence-corrected chi connectivity index (χ2v) is 2.77. The van der Waals surface area contributed by atoms with Crippen molar-refractivity contribution in [2.24, 2.45) is 0 Å². The van der Waals surface area contributed by atoms with Gasteiger partial charge in [0.25, 0.3) is 5.69 Å². The number of nitro groups is 1. The van der Waals surface area contributed by atoms with Crippen LogP contribution in [0, 0.1) is 22.5 Å². The first-order valence-electron chi connectivity index (χ1n) is 3.86. The molecule has 0 heterocycles.